The number of benzene rings is 1. The molecule has 2 aromatic heterocycles. The van der Waals surface area contributed by atoms with Crippen LogP contribution in [0.2, 0.25) is 0 Å². The van der Waals surface area contributed by atoms with E-state index in [-0.39, 0.29) is 12.2 Å². The lowest BCUT2D eigenvalue weighted by atomic mass is 9.94. The molecule has 0 atom stereocenters. The summed E-state index contributed by atoms with van der Waals surface area (Å²) in [6.45, 7) is 1.69. The molecule has 1 fully saturated rings. The van der Waals surface area contributed by atoms with Gasteiger partial charge in [0.25, 0.3) is 5.56 Å². The minimum atomic E-state index is -0.342. The van der Waals surface area contributed by atoms with Crippen LogP contribution < -0.4 is 15.8 Å². The zero-order chi connectivity index (χ0) is 20.9. The number of hydrogen-bond acceptors (Lipinski definition) is 8. The fraction of sp³-hybridized carbons (Fsp3) is 0.381. The zero-order valence-electron chi connectivity index (χ0n) is 16.9. The second-order valence-corrected chi connectivity index (χ2v) is 7.42. The molecule has 1 aliphatic rings. The van der Waals surface area contributed by atoms with Crippen molar-refractivity contribution in [3.05, 3.63) is 46.4 Å². The monoisotopic (exact) mass is 407 g/mol. The van der Waals surface area contributed by atoms with Crippen molar-refractivity contribution in [2.45, 2.75) is 25.9 Å². The van der Waals surface area contributed by atoms with E-state index in [0.717, 1.165) is 43.6 Å². The Morgan fingerprint density at radius 1 is 1.27 bits per heavy atom. The number of rotatable bonds is 6. The van der Waals surface area contributed by atoms with Gasteiger partial charge in [-0.3, -0.25) is 4.79 Å². The lowest BCUT2D eigenvalue weighted by molar-refractivity contribution is 0.282. The molecule has 156 valence electrons. The first-order valence-electron chi connectivity index (χ1n) is 10.1. The van der Waals surface area contributed by atoms with Gasteiger partial charge in [0.1, 0.15) is 16.7 Å². The standard InChI is InChI=1S/C21H25N7O2/c1-22-9-6-14-7-10-28(11-8-14)21-25-17-12-23-27-20(30)18(17)19(26-21)24-16-4-2-15(13-29)3-5-16/h2-5,9,12,14,29H,6-8,10-11,13H2,1H3,(H,27,30)(H,24,25,26)/b22-9+. The number of H-pyrrole nitrogens is 1. The van der Waals surface area contributed by atoms with Crippen LogP contribution in [0.3, 0.4) is 0 Å². The van der Waals surface area contributed by atoms with E-state index < -0.39 is 0 Å². The van der Waals surface area contributed by atoms with E-state index in [1.807, 2.05) is 30.5 Å². The molecule has 0 spiro atoms. The minimum absolute atomic E-state index is 0.0216. The highest BCUT2D eigenvalue weighted by Gasteiger charge is 2.22. The van der Waals surface area contributed by atoms with Gasteiger partial charge < -0.3 is 20.3 Å². The highest BCUT2D eigenvalue weighted by Crippen LogP contribution is 2.27. The third-order valence-corrected chi connectivity index (χ3v) is 5.42. The Kier molecular flexibility index (Phi) is 5.99. The van der Waals surface area contributed by atoms with E-state index in [4.69, 9.17) is 4.98 Å². The van der Waals surface area contributed by atoms with Gasteiger partial charge >= 0.3 is 0 Å². The molecule has 0 radical (unpaired) electrons. The number of nitrogens with one attached hydrogen (secondary N) is 2. The summed E-state index contributed by atoms with van der Waals surface area (Å²) in [5.74, 6) is 1.65. The Morgan fingerprint density at radius 2 is 2.03 bits per heavy atom. The summed E-state index contributed by atoms with van der Waals surface area (Å²) in [7, 11) is 1.81. The van der Waals surface area contributed by atoms with Crippen LogP contribution in [0.5, 0.6) is 0 Å². The van der Waals surface area contributed by atoms with Crippen molar-refractivity contribution >= 4 is 34.6 Å². The van der Waals surface area contributed by atoms with Crippen molar-refractivity contribution in [1.29, 1.82) is 0 Å². The van der Waals surface area contributed by atoms with E-state index >= 15 is 0 Å². The van der Waals surface area contributed by atoms with Crippen molar-refractivity contribution < 1.29 is 5.11 Å². The maximum absolute atomic E-state index is 12.4. The molecule has 1 aromatic carbocycles. The zero-order valence-corrected chi connectivity index (χ0v) is 16.9. The summed E-state index contributed by atoms with van der Waals surface area (Å²) in [4.78, 5) is 28.0. The molecule has 30 heavy (non-hydrogen) atoms. The predicted octanol–water partition coefficient (Wildman–Crippen LogP) is 2.26. The van der Waals surface area contributed by atoms with E-state index in [0.29, 0.717) is 28.6 Å². The molecule has 3 N–H and O–H groups in total. The van der Waals surface area contributed by atoms with Gasteiger partial charge in [-0.05, 0) is 49.1 Å². The van der Waals surface area contributed by atoms with Crippen molar-refractivity contribution in [2.24, 2.45) is 10.9 Å². The third kappa shape index (κ3) is 4.30. The largest absolute Gasteiger partial charge is 0.392 e. The quantitative estimate of drug-likeness (QED) is 0.536. The van der Waals surface area contributed by atoms with Crippen molar-refractivity contribution in [3.63, 3.8) is 0 Å². The first-order valence-corrected chi connectivity index (χ1v) is 10.1. The molecule has 0 saturated carbocycles. The van der Waals surface area contributed by atoms with Crippen LogP contribution in [0.15, 0.2) is 40.2 Å². The fourth-order valence-electron chi connectivity index (χ4n) is 3.68. The smallest absolute Gasteiger partial charge is 0.277 e. The summed E-state index contributed by atoms with van der Waals surface area (Å²) in [6.07, 6.45) is 6.62. The molecular formula is C21H25N7O2. The molecule has 1 aliphatic heterocycles. The molecule has 3 aromatic rings. The number of aliphatic imine (C=N–C) groups is 1. The van der Waals surface area contributed by atoms with Crippen LogP contribution >= 0.6 is 0 Å². The first-order chi connectivity index (χ1) is 14.7. The molecular weight excluding hydrogens is 382 g/mol. The Morgan fingerprint density at radius 3 is 2.73 bits per heavy atom. The van der Waals surface area contributed by atoms with Gasteiger partial charge in [-0.15, -0.1) is 0 Å². The van der Waals surface area contributed by atoms with Gasteiger partial charge in [0.15, 0.2) is 0 Å². The van der Waals surface area contributed by atoms with Gasteiger partial charge in [0.05, 0.1) is 12.8 Å². The van der Waals surface area contributed by atoms with E-state index in [9.17, 15) is 9.90 Å². The van der Waals surface area contributed by atoms with Crippen LogP contribution in [0.25, 0.3) is 10.9 Å². The number of piperidine rings is 1. The summed E-state index contributed by atoms with van der Waals surface area (Å²) >= 11 is 0. The molecule has 3 heterocycles. The SMILES string of the molecule is C/N=C/CC1CCN(c2nc(Nc3ccc(CO)cc3)c3c(=O)[nH]ncc3n2)CC1. The second-order valence-electron chi connectivity index (χ2n) is 7.42. The molecule has 9 nitrogen and oxygen atoms in total. The highest BCUT2D eigenvalue weighted by molar-refractivity contribution is 5.90. The van der Waals surface area contributed by atoms with Crippen LogP contribution in [-0.2, 0) is 6.61 Å². The van der Waals surface area contributed by atoms with Crippen LogP contribution in [0.4, 0.5) is 17.5 Å². The van der Waals surface area contributed by atoms with Crippen molar-refractivity contribution in [1.82, 2.24) is 20.2 Å². The lowest BCUT2D eigenvalue weighted by Gasteiger charge is -2.31. The topological polar surface area (TPSA) is 119 Å². The average molecular weight is 407 g/mol. The van der Waals surface area contributed by atoms with Gasteiger partial charge in [-0.2, -0.15) is 10.1 Å². The fourth-order valence-corrected chi connectivity index (χ4v) is 3.68. The number of anilines is 3. The highest BCUT2D eigenvalue weighted by atomic mass is 16.3. The van der Waals surface area contributed by atoms with E-state index in [1.165, 1.54) is 0 Å². The second kappa shape index (κ2) is 9.00. The van der Waals surface area contributed by atoms with Crippen LogP contribution in [-0.4, -0.2) is 51.6 Å². The lowest BCUT2D eigenvalue weighted by Crippen LogP contribution is -2.35. The Balaban J connectivity index is 1.64. The molecule has 0 unspecified atom stereocenters. The summed E-state index contributed by atoms with van der Waals surface area (Å²) in [6, 6.07) is 7.33. The Bertz CT molecular complexity index is 1090. The number of nitrogens with zero attached hydrogens (tertiary/aromatic N) is 5. The van der Waals surface area contributed by atoms with Crippen molar-refractivity contribution in [2.75, 3.05) is 30.4 Å². The van der Waals surface area contributed by atoms with Gasteiger partial charge in [-0.25, -0.2) is 10.1 Å². The summed E-state index contributed by atoms with van der Waals surface area (Å²) in [5, 5.41) is 19.2. The average Bonchev–Trinajstić information content (AvgIpc) is 2.78. The minimum Gasteiger partial charge on any atom is -0.392 e. The van der Waals surface area contributed by atoms with Crippen molar-refractivity contribution in [3.8, 4) is 0 Å². The molecule has 4 rings (SSSR count). The number of aromatic nitrogens is 4. The Hall–Kier alpha value is -3.33. The predicted molar refractivity (Wildman–Crippen MR) is 118 cm³/mol. The molecule has 9 heteroatoms. The Labute approximate surface area is 173 Å². The van der Waals surface area contributed by atoms with E-state index in [1.54, 1.807) is 13.2 Å². The van der Waals surface area contributed by atoms with Gasteiger partial charge in [0.2, 0.25) is 5.95 Å². The summed E-state index contributed by atoms with van der Waals surface area (Å²) in [5.41, 5.74) is 1.74. The maximum atomic E-state index is 12.4. The first kappa shape index (κ1) is 20.0. The number of fused-ring (bicyclic) bond motifs is 1. The molecule has 0 aliphatic carbocycles. The third-order valence-electron chi connectivity index (χ3n) is 5.42. The van der Waals surface area contributed by atoms with Gasteiger partial charge in [0, 0.05) is 25.8 Å². The van der Waals surface area contributed by atoms with Crippen LogP contribution in [0, 0.1) is 5.92 Å². The number of hydrogen-bond donors (Lipinski definition) is 3. The molecule has 0 amide bonds. The van der Waals surface area contributed by atoms with E-state index in [2.05, 4.69) is 30.4 Å². The summed E-state index contributed by atoms with van der Waals surface area (Å²) < 4.78 is 0. The number of aliphatic hydroxyl groups is 1. The molecule has 0 bridgehead atoms. The number of aliphatic hydroxyl groups excluding tert-OH is 1. The normalized spacial score (nSPS) is 15.2. The van der Waals surface area contributed by atoms with Gasteiger partial charge in [-0.1, -0.05) is 12.1 Å². The number of aromatic amines is 1. The van der Waals surface area contributed by atoms with Crippen LogP contribution in [0.1, 0.15) is 24.8 Å². The molecule has 1 saturated heterocycles. The maximum Gasteiger partial charge on any atom is 0.277 e.